The number of piperidine rings is 2. The zero-order valence-electron chi connectivity index (χ0n) is 21.8. The number of imide groups is 1. The van der Waals surface area contributed by atoms with E-state index in [1.807, 2.05) is 26.0 Å². The lowest BCUT2D eigenvalue weighted by Gasteiger charge is -2.50. The van der Waals surface area contributed by atoms with Gasteiger partial charge in [0, 0.05) is 37.7 Å². The average molecular weight is 532 g/mol. The van der Waals surface area contributed by atoms with Gasteiger partial charge in [-0.25, -0.2) is 0 Å². The second kappa shape index (κ2) is 9.31. The summed E-state index contributed by atoms with van der Waals surface area (Å²) in [6, 6.07) is 6.57. The number of hydrogen-bond donors (Lipinski definition) is 2. The van der Waals surface area contributed by atoms with E-state index in [0.29, 0.717) is 60.9 Å². The Balaban J connectivity index is 1.16. The first-order valence-electron chi connectivity index (χ1n) is 13.0. The Kier molecular flexibility index (Phi) is 6.03. The number of amides is 3. The normalized spacial score (nSPS) is 25.1. The third-order valence-electron chi connectivity index (χ3n) is 8.15. The summed E-state index contributed by atoms with van der Waals surface area (Å²) in [7, 11) is 0. The van der Waals surface area contributed by atoms with Gasteiger partial charge in [-0.15, -0.1) is 0 Å². The standard InChI is InChI=1S/C27H29N7O5/c1-26(2)14-33(12-16-3-5-18(28-11-16)23-29-15-39-32-23)10-9-27(26,38)21-7-4-17-19(30-21)13-34(25(17)37)20-6-8-22(35)31-24(20)36/h3-5,7,11,15,20,38H,6,8-10,12-14H2,1-2H3,(H,31,35,36)/t20?,27-/m1/s1. The van der Waals surface area contributed by atoms with Gasteiger partial charge in [-0.05, 0) is 36.6 Å². The van der Waals surface area contributed by atoms with E-state index < -0.39 is 23.0 Å². The van der Waals surface area contributed by atoms with Crippen molar-refractivity contribution in [1.29, 1.82) is 0 Å². The SMILES string of the molecule is CC1(C)CN(Cc2ccc(-c3ncon3)nc2)CC[C@@]1(O)c1ccc2c(n1)CN(C1CCC(=O)NC1=O)C2=O. The van der Waals surface area contributed by atoms with Gasteiger partial charge in [0.1, 0.15) is 17.3 Å². The Morgan fingerprint density at radius 2 is 2.00 bits per heavy atom. The fraction of sp³-hybridized carbons (Fsp3) is 0.444. The van der Waals surface area contributed by atoms with Crippen molar-refractivity contribution in [1.82, 2.24) is 35.2 Å². The summed E-state index contributed by atoms with van der Waals surface area (Å²) < 4.78 is 4.79. The first kappa shape index (κ1) is 25.3. The quantitative estimate of drug-likeness (QED) is 0.462. The van der Waals surface area contributed by atoms with Crippen LogP contribution in [-0.4, -0.2) is 71.9 Å². The first-order chi connectivity index (χ1) is 18.6. The lowest BCUT2D eigenvalue weighted by atomic mass is 9.68. The number of nitrogens with zero attached hydrogens (tertiary/aromatic N) is 6. The van der Waals surface area contributed by atoms with Gasteiger partial charge >= 0.3 is 0 Å². The molecule has 0 saturated carbocycles. The molecular formula is C27H29N7O5. The largest absolute Gasteiger partial charge is 0.383 e. The molecule has 0 bridgehead atoms. The molecule has 3 amide bonds. The fourth-order valence-corrected chi connectivity index (χ4v) is 5.89. The van der Waals surface area contributed by atoms with Crippen LogP contribution >= 0.6 is 0 Å². The summed E-state index contributed by atoms with van der Waals surface area (Å²) in [4.78, 5) is 53.9. The number of fused-ring (bicyclic) bond motifs is 1. The molecule has 2 atom stereocenters. The fourth-order valence-electron chi connectivity index (χ4n) is 5.89. The highest BCUT2D eigenvalue weighted by Crippen LogP contribution is 2.46. The molecule has 0 spiro atoms. The highest BCUT2D eigenvalue weighted by molar-refractivity contribution is 6.05. The smallest absolute Gasteiger partial charge is 0.256 e. The van der Waals surface area contributed by atoms with Crippen molar-refractivity contribution >= 4 is 17.7 Å². The molecular weight excluding hydrogens is 502 g/mol. The van der Waals surface area contributed by atoms with Gasteiger partial charge in [0.15, 0.2) is 0 Å². The molecule has 39 heavy (non-hydrogen) atoms. The lowest BCUT2D eigenvalue weighted by Crippen LogP contribution is -2.55. The van der Waals surface area contributed by atoms with Crippen molar-refractivity contribution in [3.05, 3.63) is 59.4 Å². The van der Waals surface area contributed by atoms with E-state index >= 15 is 0 Å². The molecule has 202 valence electrons. The van der Waals surface area contributed by atoms with E-state index in [9.17, 15) is 19.5 Å². The Bertz CT molecular complexity index is 1440. The van der Waals surface area contributed by atoms with Crippen LogP contribution in [0.5, 0.6) is 0 Å². The molecule has 3 aliphatic heterocycles. The molecule has 0 aliphatic carbocycles. The Hall–Kier alpha value is -4.03. The summed E-state index contributed by atoms with van der Waals surface area (Å²) in [5.41, 5.74) is 1.42. The second-order valence-electron chi connectivity index (χ2n) is 11.1. The minimum Gasteiger partial charge on any atom is -0.383 e. The number of pyridine rings is 2. The topological polar surface area (TPSA) is 155 Å². The van der Waals surface area contributed by atoms with Crippen LogP contribution in [0.4, 0.5) is 0 Å². The maximum absolute atomic E-state index is 13.1. The van der Waals surface area contributed by atoms with Crippen LogP contribution in [0.1, 0.15) is 60.4 Å². The molecule has 2 fully saturated rings. The summed E-state index contributed by atoms with van der Waals surface area (Å²) >= 11 is 0. The van der Waals surface area contributed by atoms with Crippen LogP contribution in [-0.2, 0) is 28.3 Å². The molecule has 12 heteroatoms. The van der Waals surface area contributed by atoms with Crippen molar-refractivity contribution in [2.75, 3.05) is 13.1 Å². The molecule has 12 nitrogen and oxygen atoms in total. The number of likely N-dealkylation sites (tertiary alicyclic amines) is 1. The number of hydrogen-bond acceptors (Lipinski definition) is 10. The Morgan fingerprint density at radius 3 is 2.69 bits per heavy atom. The third-order valence-corrected chi connectivity index (χ3v) is 8.15. The maximum atomic E-state index is 13.1. The Labute approximate surface area is 224 Å². The van der Waals surface area contributed by atoms with Crippen molar-refractivity contribution < 1.29 is 24.0 Å². The van der Waals surface area contributed by atoms with Gasteiger partial charge in [0.25, 0.3) is 5.91 Å². The summed E-state index contributed by atoms with van der Waals surface area (Å²) in [6.07, 6.45) is 4.01. The minimum atomic E-state index is -1.20. The number of carbonyl (C=O) groups excluding carboxylic acids is 3. The number of nitrogens with one attached hydrogen (secondary N) is 1. The summed E-state index contributed by atoms with van der Waals surface area (Å²) in [6.45, 7) is 6.15. The van der Waals surface area contributed by atoms with E-state index in [0.717, 1.165) is 5.56 Å². The van der Waals surface area contributed by atoms with Gasteiger partial charge in [0.05, 0.1) is 23.5 Å². The molecule has 0 aromatic carbocycles. The van der Waals surface area contributed by atoms with Crippen molar-refractivity contribution in [2.24, 2.45) is 5.41 Å². The summed E-state index contributed by atoms with van der Waals surface area (Å²) in [5, 5.41) is 18.1. The molecule has 6 rings (SSSR count). The predicted molar refractivity (Wildman–Crippen MR) is 135 cm³/mol. The van der Waals surface area contributed by atoms with Crippen LogP contribution in [0.3, 0.4) is 0 Å². The van der Waals surface area contributed by atoms with Crippen LogP contribution in [0.15, 0.2) is 41.4 Å². The molecule has 3 aromatic rings. The number of aliphatic hydroxyl groups is 1. The number of aromatic nitrogens is 4. The van der Waals surface area contributed by atoms with Crippen LogP contribution in [0.2, 0.25) is 0 Å². The molecule has 2 N–H and O–H groups in total. The van der Waals surface area contributed by atoms with Crippen LogP contribution in [0, 0.1) is 5.41 Å². The zero-order valence-corrected chi connectivity index (χ0v) is 21.8. The van der Waals surface area contributed by atoms with Gasteiger partial charge in [0.2, 0.25) is 24.0 Å². The highest BCUT2D eigenvalue weighted by atomic mass is 16.5. The minimum absolute atomic E-state index is 0.170. The molecule has 1 unspecified atom stereocenters. The highest BCUT2D eigenvalue weighted by Gasteiger charge is 2.50. The first-order valence-corrected chi connectivity index (χ1v) is 13.0. The van der Waals surface area contributed by atoms with E-state index in [-0.39, 0.29) is 24.8 Å². The van der Waals surface area contributed by atoms with Crippen molar-refractivity contribution in [3.8, 4) is 11.5 Å². The number of carbonyl (C=O) groups is 3. The van der Waals surface area contributed by atoms with E-state index in [1.165, 1.54) is 11.3 Å². The molecule has 3 aromatic heterocycles. The van der Waals surface area contributed by atoms with E-state index in [4.69, 9.17) is 9.51 Å². The maximum Gasteiger partial charge on any atom is 0.256 e. The van der Waals surface area contributed by atoms with E-state index in [2.05, 4.69) is 25.3 Å². The molecule has 6 heterocycles. The summed E-state index contributed by atoms with van der Waals surface area (Å²) in [5.74, 6) is -0.624. The monoisotopic (exact) mass is 531 g/mol. The van der Waals surface area contributed by atoms with Gasteiger partial charge < -0.3 is 14.5 Å². The van der Waals surface area contributed by atoms with E-state index in [1.54, 1.807) is 18.3 Å². The van der Waals surface area contributed by atoms with Crippen LogP contribution in [0.25, 0.3) is 11.5 Å². The Morgan fingerprint density at radius 1 is 1.15 bits per heavy atom. The van der Waals surface area contributed by atoms with Crippen LogP contribution < -0.4 is 5.32 Å². The lowest BCUT2D eigenvalue weighted by molar-refractivity contribution is -0.137. The zero-order chi connectivity index (χ0) is 27.4. The molecule has 2 saturated heterocycles. The van der Waals surface area contributed by atoms with Gasteiger partial charge in [-0.2, -0.15) is 4.98 Å². The van der Waals surface area contributed by atoms with Crippen molar-refractivity contribution in [2.45, 2.75) is 57.8 Å². The van der Waals surface area contributed by atoms with Crippen molar-refractivity contribution in [3.63, 3.8) is 0 Å². The second-order valence-corrected chi connectivity index (χ2v) is 11.1. The number of rotatable bonds is 5. The third kappa shape index (κ3) is 4.39. The molecule has 3 aliphatic rings. The van der Waals surface area contributed by atoms with Gasteiger partial charge in [-0.1, -0.05) is 25.1 Å². The average Bonchev–Trinajstić information content (AvgIpc) is 3.55. The van der Waals surface area contributed by atoms with Gasteiger partial charge in [-0.3, -0.25) is 34.6 Å². The predicted octanol–water partition coefficient (Wildman–Crippen LogP) is 1.41. The molecule has 0 radical (unpaired) electrons.